The summed E-state index contributed by atoms with van der Waals surface area (Å²) in [7, 11) is 0. The third kappa shape index (κ3) is 4.75. The highest BCUT2D eigenvalue weighted by atomic mass is 16.5. The number of nitrogens with one attached hydrogen (secondary N) is 2. The SMILES string of the molecule is O=CN[C@](CO)(C(=O)OCc1ccccc1)C1([C@](CO)(NC=O)C(=O)OCc2ccccc2)CC1. The Balaban J connectivity index is 1.95. The summed E-state index contributed by atoms with van der Waals surface area (Å²) in [4.78, 5) is 49.9. The highest BCUT2D eigenvalue weighted by molar-refractivity contribution is 5.92. The number of aliphatic hydroxyl groups is 2. The van der Waals surface area contributed by atoms with Gasteiger partial charge in [-0.1, -0.05) is 60.7 Å². The van der Waals surface area contributed by atoms with Gasteiger partial charge in [-0.15, -0.1) is 0 Å². The van der Waals surface area contributed by atoms with Gasteiger partial charge in [-0.3, -0.25) is 9.59 Å². The summed E-state index contributed by atoms with van der Waals surface area (Å²) in [5.74, 6) is -2.04. The Hall–Kier alpha value is -3.76. The first-order valence-electron chi connectivity index (χ1n) is 11.0. The normalized spacial score (nSPS) is 17.1. The number of hydrogen-bond acceptors (Lipinski definition) is 8. The van der Waals surface area contributed by atoms with Crippen LogP contribution in [0.4, 0.5) is 0 Å². The van der Waals surface area contributed by atoms with Gasteiger partial charge >= 0.3 is 11.9 Å². The van der Waals surface area contributed by atoms with Crippen LogP contribution in [0.3, 0.4) is 0 Å². The summed E-state index contributed by atoms with van der Waals surface area (Å²) in [5, 5.41) is 25.5. The number of carbonyl (C=O) groups is 4. The van der Waals surface area contributed by atoms with Gasteiger partial charge in [0.2, 0.25) is 12.8 Å². The second-order valence-corrected chi connectivity index (χ2v) is 8.36. The van der Waals surface area contributed by atoms with E-state index in [2.05, 4.69) is 10.6 Å². The van der Waals surface area contributed by atoms with E-state index in [9.17, 15) is 29.4 Å². The predicted octanol–water partition coefficient (Wildman–Crippen LogP) is 0.208. The summed E-state index contributed by atoms with van der Waals surface area (Å²) >= 11 is 0. The van der Waals surface area contributed by atoms with Crippen LogP contribution in [0, 0.1) is 5.41 Å². The lowest BCUT2D eigenvalue weighted by Crippen LogP contribution is -2.74. The van der Waals surface area contributed by atoms with Gasteiger partial charge in [0, 0.05) is 5.41 Å². The third-order valence-electron chi connectivity index (χ3n) is 6.59. The number of benzene rings is 2. The molecule has 10 nitrogen and oxygen atoms in total. The fraction of sp³-hybridized carbons (Fsp3) is 0.360. The minimum absolute atomic E-state index is 0.0939. The second kappa shape index (κ2) is 11.1. The molecule has 2 aromatic rings. The highest BCUT2D eigenvalue weighted by Crippen LogP contribution is 2.61. The summed E-state index contributed by atoms with van der Waals surface area (Å²) in [6.07, 6.45) is 0.601. The fourth-order valence-corrected chi connectivity index (χ4v) is 4.54. The Morgan fingerprint density at radius 2 is 1.14 bits per heavy atom. The van der Waals surface area contributed by atoms with E-state index in [1.54, 1.807) is 60.7 Å². The van der Waals surface area contributed by atoms with Crippen molar-refractivity contribution in [3.8, 4) is 0 Å². The Kier molecular flexibility index (Phi) is 8.21. The lowest BCUT2D eigenvalue weighted by Gasteiger charge is -2.46. The van der Waals surface area contributed by atoms with E-state index in [-0.39, 0.29) is 38.9 Å². The van der Waals surface area contributed by atoms with Crippen LogP contribution in [0.25, 0.3) is 0 Å². The zero-order chi connectivity index (χ0) is 25.4. The molecular formula is C25H28N2O8. The van der Waals surface area contributed by atoms with E-state index in [1.807, 2.05) is 0 Å². The van der Waals surface area contributed by atoms with Crippen LogP contribution >= 0.6 is 0 Å². The minimum atomic E-state index is -2.14. The molecule has 0 heterocycles. The first kappa shape index (κ1) is 25.9. The summed E-state index contributed by atoms with van der Waals surface area (Å²) in [6, 6.07) is 17.5. The number of ether oxygens (including phenoxy) is 2. The van der Waals surface area contributed by atoms with Crippen molar-refractivity contribution in [2.24, 2.45) is 5.41 Å². The molecule has 2 aromatic carbocycles. The molecule has 0 spiro atoms. The molecule has 4 N–H and O–H groups in total. The number of aliphatic hydroxyl groups excluding tert-OH is 2. The molecule has 1 aliphatic rings. The molecule has 0 aromatic heterocycles. The molecule has 3 rings (SSSR count). The maximum Gasteiger partial charge on any atom is 0.335 e. The molecule has 2 atom stereocenters. The molecule has 2 amide bonds. The van der Waals surface area contributed by atoms with Crippen LogP contribution in [-0.2, 0) is 41.9 Å². The van der Waals surface area contributed by atoms with Gasteiger partial charge < -0.3 is 30.3 Å². The van der Waals surface area contributed by atoms with Gasteiger partial charge in [0.05, 0.1) is 13.2 Å². The van der Waals surface area contributed by atoms with Gasteiger partial charge in [0.15, 0.2) is 11.1 Å². The summed E-state index contributed by atoms with van der Waals surface area (Å²) in [6.45, 7) is -2.23. The van der Waals surface area contributed by atoms with Crippen LogP contribution in [0.1, 0.15) is 24.0 Å². The average Bonchev–Trinajstić information content (AvgIpc) is 3.71. The lowest BCUT2D eigenvalue weighted by molar-refractivity contribution is -0.174. The largest absolute Gasteiger partial charge is 0.459 e. The molecule has 1 saturated carbocycles. The van der Waals surface area contributed by atoms with Gasteiger partial charge in [-0.05, 0) is 24.0 Å². The lowest BCUT2D eigenvalue weighted by atomic mass is 9.67. The van der Waals surface area contributed by atoms with Crippen molar-refractivity contribution >= 4 is 24.8 Å². The number of carbonyl (C=O) groups excluding carboxylic acids is 4. The van der Waals surface area contributed by atoms with E-state index in [0.29, 0.717) is 11.1 Å². The number of amides is 2. The van der Waals surface area contributed by atoms with Crippen LogP contribution < -0.4 is 10.6 Å². The van der Waals surface area contributed by atoms with Crippen molar-refractivity contribution in [2.45, 2.75) is 37.1 Å². The molecule has 0 unspecified atom stereocenters. The first-order valence-corrected chi connectivity index (χ1v) is 11.0. The van der Waals surface area contributed by atoms with Gasteiger partial charge in [-0.25, -0.2) is 9.59 Å². The molecule has 0 bridgehead atoms. The van der Waals surface area contributed by atoms with Crippen LogP contribution in [0.2, 0.25) is 0 Å². The smallest absolute Gasteiger partial charge is 0.335 e. The Morgan fingerprint density at radius 3 is 1.43 bits per heavy atom. The Morgan fingerprint density at radius 1 is 0.771 bits per heavy atom. The summed E-state index contributed by atoms with van der Waals surface area (Å²) < 4.78 is 10.8. The molecule has 35 heavy (non-hydrogen) atoms. The maximum absolute atomic E-state index is 13.4. The van der Waals surface area contributed by atoms with Crippen molar-refractivity contribution < 1.29 is 38.9 Å². The van der Waals surface area contributed by atoms with Crippen LogP contribution in [0.15, 0.2) is 60.7 Å². The van der Waals surface area contributed by atoms with E-state index in [0.717, 1.165) is 0 Å². The van der Waals surface area contributed by atoms with Crippen molar-refractivity contribution in [1.29, 1.82) is 0 Å². The molecule has 186 valence electrons. The Labute approximate surface area is 202 Å². The second-order valence-electron chi connectivity index (χ2n) is 8.36. The fourth-order valence-electron chi connectivity index (χ4n) is 4.54. The zero-order valence-electron chi connectivity index (χ0n) is 19.0. The topological polar surface area (TPSA) is 151 Å². The van der Waals surface area contributed by atoms with E-state index in [1.165, 1.54) is 0 Å². The number of esters is 2. The van der Waals surface area contributed by atoms with Crippen LogP contribution in [0.5, 0.6) is 0 Å². The van der Waals surface area contributed by atoms with Gasteiger partial charge in [0.25, 0.3) is 0 Å². The molecule has 1 fully saturated rings. The standard InChI is InChI=1S/C25H28N2O8/c28-15-24(26-17-30,21(32)34-13-19-7-3-1-4-8-19)23(11-12-23)25(16-29,27-18-31)22(33)35-14-20-9-5-2-6-10-20/h1-10,17-18,28-29H,11-16H2,(H,26,30)(H,27,31)/t24-,25-/m1/s1. The molecular weight excluding hydrogens is 456 g/mol. The monoisotopic (exact) mass is 484 g/mol. The highest BCUT2D eigenvalue weighted by Gasteiger charge is 2.76. The molecule has 0 aliphatic heterocycles. The van der Waals surface area contributed by atoms with Crippen molar-refractivity contribution in [3.63, 3.8) is 0 Å². The van der Waals surface area contributed by atoms with Crippen LogP contribution in [-0.4, -0.2) is 59.3 Å². The maximum atomic E-state index is 13.4. The number of hydrogen-bond donors (Lipinski definition) is 4. The average molecular weight is 485 g/mol. The van der Waals surface area contributed by atoms with Gasteiger partial charge in [-0.2, -0.15) is 0 Å². The molecule has 10 heteroatoms. The van der Waals surface area contributed by atoms with Crippen molar-refractivity contribution in [2.75, 3.05) is 13.2 Å². The third-order valence-corrected chi connectivity index (χ3v) is 6.59. The number of rotatable bonds is 14. The molecule has 1 aliphatic carbocycles. The zero-order valence-corrected chi connectivity index (χ0v) is 19.0. The molecule has 0 radical (unpaired) electrons. The van der Waals surface area contributed by atoms with E-state index in [4.69, 9.17) is 9.47 Å². The molecule has 0 saturated heterocycles. The predicted molar refractivity (Wildman–Crippen MR) is 122 cm³/mol. The van der Waals surface area contributed by atoms with Gasteiger partial charge in [0.1, 0.15) is 13.2 Å². The van der Waals surface area contributed by atoms with E-state index < -0.39 is 41.6 Å². The minimum Gasteiger partial charge on any atom is -0.459 e. The van der Waals surface area contributed by atoms with Crippen molar-refractivity contribution in [3.05, 3.63) is 71.8 Å². The summed E-state index contributed by atoms with van der Waals surface area (Å²) in [5.41, 5.74) is -4.59. The quantitative estimate of drug-likeness (QED) is 0.219. The van der Waals surface area contributed by atoms with E-state index >= 15 is 0 Å². The Bertz CT molecular complexity index is 949. The van der Waals surface area contributed by atoms with Crippen molar-refractivity contribution in [1.82, 2.24) is 10.6 Å². The first-order chi connectivity index (χ1) is 16.9.